The van der Waals surface area contributed by atoms with Gasteiger partial charge in [0.2, 0.25) is 5.91 Å². The number of carbonyl (C=O) groups is 1. The highest BCUT2D eigenvalue weighted by Crippen LogP contribution is 2.34. The molecule has 0 unspecified atom stereocenters. The molecule has 2 aromatic heterocycles. The third-order valence-corrected chi connectivity index (χ3v) is 6.82. The lowest BCUT2D eigenvalue weighted by Crippen LogP contribution is -2.31. The van der Waals surface area contributed by atoms with Crippen LogP contribution in [0.1, 0.15) is 48.0 Å². The van der Waals surface area contributed by atoms with Gasteiger partial charge < -0.3 is 5.32 Å². The number of aryl methyl sites for hydroxylation is 4. The summed E-state index contributed by atoms with van der Waals surface area (Å²) in [6, 6.07) is 4.32. The first-order valence-corrected chi connectivity index (χ1v) is 11.3. The second-order valence-corrected chi connectivity index (χ2v) is 8.95. The van der Waals surface area contributed by atoms with Crippen LogP contribution in [0.3, 0.4) is 0 Å². The minimum Gasteiger partial charge on any atom is -0.324 e. The fraction of sp³-hybridized carbons (Fsp3) is 0.409. The molecule has 0 radical (unpaired) electrons. The molecule has 1 aromatic carbocycles. The smallest absolute Gasteiger partial charge is 0.271 e. The van der Waals surface area contributed by atoms with E-state index < -0.39 is 10.8 Å². The van der Waals surface area contributed by atoms with E-state index in [2.05, 4.69) is 5.32 Å². The lowest BCUT2D eigenvalue weighted by molar-refractivity contribution is -0.384. The van der Waals surface area contributed by atoms with Crippen molar-refractivity contribution in [3.8, 4) is 0 Å². The molecule has 8 nitrogen and oxygen atoms in total. The van der Waals surface area contributed by atoms with Crippen LogP contribution in [0.2, 0.25) is 0 Å². The minimum absolute atomic E-state index is 0.0993. The van der Waals surface area contributed by atoms with E-state index in [-0.39, 0.29) is 17.8 Å². The molecule has 0 atom stereocenters. The Balaban J connectivity index is 1.70. The Bertz CT molecular complexity index is 1240. The van der Waals surface area contributed by atoms with E-state index in [4.69, 9.17) is 4.98 Å². The normalized spacial score (nSPS) is 13.2. The fourth-order valence-corrected chi connectivity index (χ4v) is 5.32. The number of nitro groups is 1. The standard InChI is InChI=1S/C22H24N4O4S/c1-3-6-18-24-21-20(15-7-4-5-8-17(15)31-21)22(28)25(18)12-19(27)23-16-11-14(26(29)30)10-9-13(16)2/h9-11H,3-8,12H2,1-2H3,(H,23,27). The average molecular weight is 441 g/mol. The molecular formula is C22H24N4O4S. The minimum atomic E-state index is -0.503. The maximum absolute atomic E-state index is 13.4. The van der Waals surface area contributed by atoms with E-state index in [0.717, 1.165) is 42.5 Å². The molecule has 0 aliphatic heterocycles. The molecule has 1 amide bonds. The van der Waals surface area contributed by atoms with Crippen molar-refractivity contribution in [1.29, 1.82) is 0 Å². The summed E-state index contributed by atoms with van der Waals surface area (Å²) in [6.07, 6.45) is 5.43. The van der Waals surface area contributed by atoms with Gasteiger partial charge in [0.15, 0.2) is 0 Å². The third kappa shape index (κ3) is 4.10. The highest BCUT2D eigenvalue weighted by Gasteiger charge is 2.23. The van der Waals surface area contributed by atoms with Crippen molar-refractivity contribution in [3.63, 3.8) is 0 Å². The van der Waals surface area contributed by atoms with E-state index >= 15 is 0 Å². The van der Waals surface area contributed by atoms with E-state index in [1.807, 2.05) is 6.92 Å². The molecule has 1 aliphatic rings. The first-order chi connectivity index (χ1) is 14.9. The molecule has 1 N–H and O–H groups in total. The van der Waals surface area contributed by atoms with Gasteiger partial charge in [-0.15, -0.1) is 11.3 Å². The summed E-state index contributed by atoms with van der Waals surface area (Å²) in [5.41, 5.74) is 1.90. The number of aromatic nitrogens is 2. The maximum atomic E-state index is 13.4. The van der Waals surface area contributed by atoms with Crippen LogP contribution in [0.5, 0.6) is 0 Å². The zero-order valence-electron chi connectivity index (χ0n) is 17.6. The Morgan fingerprint density at radius 1 is 1.32 bits per heavy atom. The quantitative estimate of drug-likeness (QED) is 0.458. The van der Waals surface area contributed by atoms with Gasteiger partial charge in [-0.25, -0.2) is 4.98 Å². The van der Waals surface area contributed by atoms with Crippen molar-refractivity contribution in [2.75, 3.05) is 5.32 Å². The van der Waals surface area contributed by atoms with E-state index in [1.165, 1.54) is 21.6 Å². The first-order valence-electron chi connectivity index (χ1n) is 10.5. The van der Waals surface area contributed by atoms with Crippen LogP contribution in [-0.4, -0.2) is 20.4 Å². The molecule has 0 fully saturated rings. The number of hydrogen-bond donors (Lipinski definition) is 1. The predicted molar refractivity (Wildman–Crippen MR) is 121 cm³/mol. The van der Waals surface area contributed by atoms with Crippen molar-refractivity contribution in [1.82, 2.24) is 9.55 Å². The van der Waals surface area contributed by atoms with Crippen molar-refractivity contribution in [3.05, 3.63) is 60.5 Å². The Morgan fingerprint density at radius 2 is 2.10 bits per heavy atom. The number of thiophene rings is 1. The Labute approximate surface area is 183 Å². The summed E-state index contributed by atoms with van der Waals surface area (Å²) >= 11 is 1.60. The van der Waals surface area contributed by atoms with Gasteiger partial charge in [0.25, 0.3) is 11.2 Å². The number of rotatable bonds is 6. The topological polar surface area (TPSA) is 107 Å². The number of anilines is 1. The van der Waals surface area contributed by atoms with Gasteiger partial charge in [-0.05, 0) is 50.2 Å². The largest absolute Gasteiger partial charge is 0.324 e. The van der Waals surface area contributed by atoms with Gasteiger partial charge in [0.1, 0.15) is 17.2 Å². The number of benzene rings is 1. The number of nitro benzene ring substituents is 1. The van der Waals surface area contributed by atoms with Crippen molar-refractivity contribution < 1.29 is 9.72 Å². The highest BCUT2D eigenvalue weighted by atomic mass is 32.1. The van der Waals surface area contributed by atoms with Gasteiger partial charge in [-0.3, -0.25) is 24.3 Å². The number of hydrogen-bond acceptors (Lipinski definition) is 6. The Morgan fingerprint density at radius 3 is 2.84 bits per heavy atom. The highest BCUT2D eigenvalue weighted by molar-refractivity contribution is 7.18. The molecule has 0 bridgehead atoms. The maximum Gasteiger partial charge on any atom is 0.271 e. The lowest BCUT2D eigenvalue weighted by Gasteiger charge is -2.14. The molecule has 31 heavy (non-hydrogen) atoms. The summed E-state index contributed by atoms with van der Waals surface area (Å²) in [5.74, 6) is 0.192. The van der Waals surface area contributed by atoms with Crippen molar-refractivity contribution >= 4 is 38.8 Å². The molecule has 0 saturated carbocycles. The molecule has 162 valence electrons. The number of nitrogens with zero attached hydrogens (tertiary/aromatic N) is 3. The molecule has 1 aliphatic carbocycles. The lowest BCUT2D eigenvalue weighted by atomic mass is 9.97. The van der Waals surface area contributed by atoms with Crippen LogP contribution < -0.4 is 10.9 Å². The monoisotopic (exact) mass is 440 g/mol. The molecule has 0 saturated heterocycles. The number of fused-ring (bicyclic) bond motifs is 3. The van der Waals surface area contributed by atoms with Gasteiger partial charge in [-0.1, -0.05) is 13.0 Å². The predicted octanol–water partition coefficient (Wildman–Crippen LogP) is 4.14. The second kappa shape index (κ2) is 8.58. The fourth-order valence-electron chi connectivity index (χ4n) is 4.05. The van der Waals surface area contributed by atoms with Gasteiger partial charge in [-0.2, -0.15) is 0 Å². The number of non-ortho nitro benzene ring substituents is 1. The Hall–Kier alpha value is -3.07. The molecule has 3 aromatic rings. The molecule has 0 spiro atoms. The summed E-state index contributed by atoms with van der Waals surface area (Å²) in [6.45, 7) is 3.59. The molecule has 2 heterocycles. The summed E-state index contributed by atoms with van der Waals surface area (Å²) in [4.78, 5) is 43.6. The van der Waals surface area contributed by atoms with Crippen LogP contribution in [0.4, 0.5) is 11.4 Å². The van der Waals surface area contributed by atoms with Crippen molar-refractivity contribution in [2.24, 2.45) is 0 Å². The molecular weight excluding hydrogens is 416 g/mol. The second-order valence-electron chi connectivity index (χ2n) is 7.86. The first kappa shape index (κ1) is 21.2. The van der Waals surface area contributed by atoms with Gasteiger partial charge >= 0.3 is 0 Å². The molecule has 9 heteroatoms. The SMILES string of the molecule is CCCc1nc2sc3c(c2c(=O)n1CC(=O)Nc1cc([N+](=O)[O-])ccc1C)CCCC3. The number of carbonyl (C=O) groups excluding carboxylic acids is 1. The zero-order chi connectivity index (χ0) is 22.1. The number of amides is 1. The van der Waals surface area contributed by atoms with Crippen LogP contribution in [0.25, 0.3) is 10.2 Å². The molecule has 4 rings (SSSR count). The van der Waals surface area contributed by atoms with Crippen LogP contribution in [-0.2, 0) is 30.6 Å². The van der Waals surface area contributed by atoms with Crippen LogP contribution in [0, 0.1) is 17.0 Å². The zero-order valence-corrected chi connectivity index (χ0v) is 18.4. The van der Waals surface area contributed by atoms with E-state index in [9.17, 15) is 19.7 Å². The van der Waals surface area contributed by atoms with Crippen LogP contribution >= 0.6 is 11.3 Å². The van der Waals surface area contributed by atoms with E-state index in [0.29, 0.717) is 28.9 Å². The van der Waals surface area contributed by atoms with Crippen molar-refractivity contribution in [2.45, 2.75) is 58.9 Å². The summed E-state index contributed by atoms with van der Waals surface area (Å²) in [7, 11) is 0. The summed E-state index contributed by atoms with van der Waals surface area (Å²) < 4.78 is 1.47. The Kier molecular flexibility index (Phi) is 5.86. The number of nitrogens with one attached hydrogen (secondary N) is 1. The summed E-state index contributed by atoms with van der Waals surface area (Å²) in [5, 5.41) is 14.4. The van der Waals surface area contributed by atoms with E-state index in [1.54, 1.807) is 24.3 Å². The van der Waals surface area contributed by atoms with Crippen LogP contribution in [0.15, 0.2) is 23.0 Å². The average Bonchev–Trinajstić information content (AvgIpc) is 3.11. The van der Waals surface area contributed by atoms with Gasteiger partial charge in [0.05, 0.1) is 16.0 Å². The third-order valence-electron chi connectivity index (χ3n) is 5.64. The van der Waals surface area contributed by atoms with Gasteiger partial charge in [0, 0.05) is 23.4 Å².